The van der Waals surface area contributed by atoms with Gasteiger partial charge in [-0.3, -0.25) is 10.4 Å². The maximum absolute atomic E-state index is 5.31. The molecule has 29 heavy (non-hydrogen) atoms. The summed E-state index contributed by atoms with van der Waals surface area (Å²) >= 11 is 0. The fraction of sp³-hybridized carbons (Fsp3) is 0.167. The number of nitrogens with zero attached hydrogens (tertiary/aromatic N) is 1. The summed E-state index contributed by atoms with van der Waals surface area (Å²) in [4.78, 5) is 0. The lowest BCUT2D eigenvalue weighted by Crippen LogP contribution is -2.33. The molecule has 1 N–H and O–H groups in total. The van der Waals surface area contributed by atoms with Gasteiger partial charge in [0.05, 0.1) is 38.8 Å². The molecule has 1 atom stereocenters. The van der Waals surface area contributed by atoms with E-state index in [0.717, 1.165) is 39.8 Å². The second-order valence-electron chi connectivity index (χ2n) is 6.71. The lowest BCUT2D eigenvalue weighted by Gasteiger charge is -2.28. The minimum Gasteiger partial charge on any atom is -0.497 e. The Hall–Kier alpha value is -3.60. The third-order valence-corrected chi connectivity index (χ3v) is 5.05. The van der Waals surface area contributed by atoms with Gasteiger partial charge in [-0.1, -0.05) is 12.1 Å². The Labute approximate surface area is 171 Å². The number of hydrogen-bond donors (Lipinski definition) is 1. The van der Waals surface area contributed by atoms with E-state index in [4.69, 9.17) is 14.2 Å². The molecule has 0 spiro atoms. The average Bonchev–Trinajstić information content (AvgIpc) is 3.24. The van der Waals surface area contributed by atoms with Crippen LogP contribution in [0, 0.1) is 0 Å². The van der Waals surface area contributed by atoms with Crippen LogP contribution in [0.15, 0.2) is 78.9 Å². The molecule has 148 valence electrons. The Bertz CT molecular complexity index is 980. The summed E-state index contributed by atoms with van der Waals surface area (Å²) in [5, 5.41) is 2.15. The van der Waals surface area contributed by atoms with Crippen LogP contribution in [-0.4, -0.2) is 21.3 Å². The Morgan fingerprint density at radius 3 is 1.66 bits per heavy atom. The highest BCUT2D eigenvalue weighted by molar-refractivity contribution is 5.72. The van der Waals surface area contributed by atoms with Crippen LogP contribution in [-0.2, 0) is 0 Å². The summed E-state index contributed by atoms with van der Waals surface area (Å²) < 4.78 is 15.9. The normalized spacial score (nSPS) is 15.5. The van der Waals surface area contributed by atoms with E-state index in [1.807, 2.05) is 48.5 Å². The van der Waals surface area contributed by atoms with Crippen molar-refractivity contribution in [2.75, 3.05) is 26.3 Å². The zero-order valence-corrected chi connectivity index (χ0v) is 16.8. The van der Waals surface area contributed by atoms with Crippen molar-refractivity contribution in [1.82, 2.24) is 5.43 Å². The number of hydrazine groups is 1. The molecule has 1 heterocycles. The van der Waals surface area contributed by atoms with E-state index in [2.05, 4.69) is 40.8 Å². The van der Waals surface area contributed by atoms with Crippen molar-refractivity contribution >= 4 is 11.4 Å². The quantitative estimate of drug-likeness (QED) is 0.656. The van der Waals surface area contributed by atoms with Crippen molar-refractivity contribution in [3.63, 3.8) is 0 Å². The van der Waals surface area contributed by atoms with Crippen LogP contribution in [0.2, 0.25) is 0 Å². The number of benzene rings is 3. The Morgan fingerprint density at radius 1 is 0.655 bits per heavy atom. The molecule has 1 aliphatic rings. The van der Waals surface area contributed by atoms with Crippen LogP contribution < -0.4 is 24.6 Å². The van der Waals surface area contributed by atoms with Crippen molar-refractivity contribution in [2.24, 2.45) is 0 Å². The van der Waals surface area contributed by atoms with Crippen molar-refractivity contribution < 1.29 is 14.2 Å². The van der Waals surface area contributed by atoms with Gasteiger partial charge < -0.3 is 14.2 Å². The zero-order valence-electron chi connectivity index (χ0n) is 16.8. The van der Waals surface area contributed by atoms with Crippen molar-refractivity contribution in [1.29, 1.82) is 0 Å². The van der Waals surface area contributed by atoms with Gasteiger partial charge >= 0.3 is 0 Å². The van der Waals surface area contributed by atoms with Gasteiger partial charge in [0.25, 0.3) is 0 Å². The molecule has 0 fully saturated rings. The highest BCUT2D eigenvalue weighted by Crippen LogP contribution is 2.36. The maximum atomic E-state index is 5.31. The first-order valence-corrected chi connectivity index (χ1v) is 9.42. The summed E-state index contributed by atoms with van der Waals surface area (Å²) in [5.74, 6) is 2.51. The van der Waals surface area contributed by atoms with E-state index in [9.17, 15) is 0 Å². The van der Waals surface area contributed by atoms with Gasteiger partial charge in [-0.25, -0.2) is 0 Å². The summed E-state index contributed by atoms with van der Waals surface area (Å²) in [5.41, 5.74) is 7.91. The van der Waals surface area contributed by atoms with Crippen LogP contribution in [0.25, 0.3) is 5.70 Å². The lowest BCUT2D eigenvalue weighted by atomic mass is 10.0. The van der Waals surface area contributed by atoms with E-state index >= 15 is 0 Å². The van der Waals surface area contributed by atoms with Gasteiger partial charge in [0.2, 0.25) is 0 Å². The van der Waals surface area contributed by atoms with Gasteiger partial charge in [-0.15, -0.1) is 0 Å². The number of anilines is 1. The summed E-state index contributed by atoms with van der Waals surface area (Å²) in [6.07, 6.45) is 2.23. The lowest BCUT2D eigenvalue weighted by molar-refractivity contribution is 0.414. The topological polar surface area (TPSA) is 43.0 Å². The molecule has 0 saturated heterocycles. The molecule has 0 aliphatic carbocycles. The summed E-state index contributed by atoms with van der Waals surface area (Å²) in [6.45, 7) is 0. The molecule has 3 aromatic carbocycles. The van der Waals surface area contributed by atoms with Crippen molar-refractivity contribution in [3.8, 4) is 17.2 Å². The third kappa shape index (κ3) is 3.85. The van der Waals surface area contributed by atoms with E-state index in [0.29, 0.717) is 0 Å². The Morgan fingerprint density at radius 2 is 1.14 bits per heavy atom. The third-order valence-electron chi connectivity index (χ3n) is 5.05. The standard InChI is InChI=1S/C24H24N2O3/c1-27-20-10-4-17(5-11-20)23-16-24(18-6-12-21(28-2)13-7-18)26(25-23)19-8-14-22(29-3)15-9-19/h4-16,24-25H,1-3H3. The van der Waals surface area contributed by atoms with E-state index < -0.39 is 0 Å². The van der Waals surface area contributed by atoms with Gasteiger partial charge in [-0.2, -0.15) is 0 Å². The molecule has 5 heteroatoms. The molecule has 1 unspecified atom stereocenters. The van der Waals surface area contributed by atoms with E-state index in [1.165, 1.54) is 0 Å². The Kier molecular flexibility index (Phi) is 5.29. The Balaban J connectivity index is 1.70. The first kappa shape index (κ1) is 18.7. The van der Waals surface area contributed by atoms with Gasteiger partial charge in [-0.05, 0) is 77.9 Å². The predicted octanol–water partition coefficient (Wildman–Crippen LogP) is 4.82. The second-order valence-corrected chi connectivity index (χ2v) is 6.71. The molecule has 0 aromatic heterocycles. The molecular weight excluding hydrogens is 364 g/mol. The first-order valence-electron chi connectivity index (χ1n) is 9.42. The first-order chi connectivity index (χ1) is 14.2. The summed E-state index contributed by atoms with van der Waals surface area (Å²) in [6, 6.07) is 24.3. The van der Waals surface area contributed by atoms with Crippen LogP contribution in [0.3, 0.4) is 0 Å². The number of rotatable bonds is 6. The SMILES string of the molecule is COc1ccc(C2=CC(c3ccc(OC)cc3)N(c3ccc(OC)cc3)N2)cc1. The van der Waals surface area contributed by atoms with Gasteiger partial charge in [0.1, 0.15) is 17.2 Å². The fourth-order valence-electron chi connectivity index (χ4n) is 3.41. The zero-order chi connectivity index (χ0) is 20.2. The van der Waals surface area contributed by atoms with Gasteiger partial charge in [0, 0.05) is 0 Å². The minimum absolute atomic E-state index is 0.0337. The molecule has 4 rings (SSSR count). The number of nitrogens with one attached hydrogen (secondary N) is 1. The second kappa shape index (κ2) is 8.19. The molecule has 1 aliphatic heterocycles. The summed E-state index contributed by atoms with van der Waals surface area (Å²) in [7, 11) is 5.03. The predicted molar refractivity (Wildman–Crippen MR) is 115 cm³/mol. The van der Waals surface area contributed by atoms with Crippen LogP contribution in [0.4, 0.5) is 5.69 Å². The van der Waals surface area contributed by atoms with Crippen molar-refractivity contribution in [2.45, 2.75) is 6.04 Å². The maximum Gasteiger partial charge on any atom is 0.119 e. The minimum atomic E-state index is 0.0337. The molecule has 0 bridgehead atoms. The van der Waals surface area contributed by atoms with Gasteiger partial charge in [0.15, 0.2) is 0 Å². The molecule has 3 aromatic rings. The number of ether oxygens (including phenoxy) is 3. The van der Waals surface area contributed by atoms with Crippen LogP contribution in [0.1, 0.15) is 17.2 Å². The highest BCUT2D eigenvalue weighted by Gasteiger charge is 2.27. The molecule has 0 saturated carbocycles. The van der Waals surface area contributed by atoms with E-state index in [1.54, 1.807) is 21.3 Å². The number of methoxy groups -OCH3 is 3. The van der Waals surface area contributed by atoms with Crippen LogP contribution >= 0.6 is 0 Å². The largest absolute Gasteiger partial charge is 0.497 e. The monoisotopic (exact) mass is 388 g/mol. The molecule has 0 radical (unpaired) electrons. The average molecular weight is 388 g/mol. The smallest absolute Gasteiger partial charge is 0.119 e. The molecular formula is C24H24N2O3. The molecule has 5 nitrogen and oxygen atoms in total. The van der Waals surface area contributed by atoms with Crippen LogP contribution in [0.5, 0.6) is 17.2 Å². The van der Waals surface area contributed by atoms with E-state index in [-0.39, 0.29) is 6.04 Å². The highest BCUT2D eigenvalue weighted by atomic mass is 16.5. The fourth-order valence-corrected chi connectivity index (χ4v) is 3.41. The van der Waals surface area contributed by atoms with Crippen molar-refractivity contribution in [3.05, 3.63) is 90.0 Å². The number of hydrogen-bond acceptors (Lipinski definition) is 5. The molecule has 0 amide bonds.